The van der Waals surface area contributed by atoms with E-state index < -0.39 is 4.92 Å². The molecule has 3 aromatic rings. The van der Waals surface area contributed by atoms with E-state index in [9.17, 15) is 24.5 Å². The van der Waals surface area contributed by atoms with E-state index in [2.05, 4.69) is 17.3 Å². The number of nitrogens with zero attached hydrogens (tertiary/aromatic N) is 3. The Hall–Kier alpha value is -4.75. The highest BCUT2D eigenvalue weighted by Gasteiger charge is 2.27. The van der Waals surface area contributed by atoms with Gasteiger partial charge in [0.1, 0.15) is 11.6 Å². The molecule has 0 aromatic heterocycles. The molecular formula is C34H38N4O5. The molecule has 0 radical (unpaired) electrons. The molecular weight excluding hydrogens is 544 g/mol. The Morgan fingerprint density at radius 2 is 1.77 bits per heavy atom. The molecule has 0 spiro atoms. The second-order valence-corrected chi connectivity index (χ2v) is 11.0. The number of anilines is 2. The summed E-state index contributed by atoms with van der Waals surface area (Å²) in [5, 5.41) is 14.4. The SMILES string of the molecule is CCCC(=O)Nc1ccccc1C1CCN(C(=C=O)CCN(C(=O)c2cccc([N+](=O)[O-])c2)c2ccc(C)cc2C)CC1. The molecule has 3 aromatic carbocycles. The Morgan fingerprint density at radius 3 is 2.44 bits per heavy atom. The lowest BCUT2D eigenvalue weighted by molar-refractivity contribution is -0.384. The van der Waals surface area contributed by atoms with Crippen LogP contribution in [-0.4, -0.2) is 47.2 Å². The number of amides is 2. The smallest absolute Gasteiger partial charge is 0.270 e. The Morgan fingerprint density at radius 1 is 1.02 bits per heavy atom. The van der Waals surface area contributed by atoms with E-state index >= 15 is 0 Å². The maximum Gasteiger partial charge on any atom is 0.270 e. The van der Waals surface area contributed by atoms with E-state index in [0.29, 0.717) is 30.9 Å². The molecule has 1 aliphatic rings. The molecule has 2 amide bonds. The van der Waals surface area contributed by atoms with Crippen molar-refractivity contribution in [1.29, 1.82) is 0 Å². The van der Waals surface area contributed by atoms with E-state index in [1.165, 1.54) is 18.2 Å². The third kappa shape index (κ3) is 7.76. The van der Waals surface area contributed by atoms with Gasteiger partial charge in [0.25, 0.3) is 11.6 Å². The van der Waals surface area contributed by atoms with Crippen molar-refractivity contribution in [2.24, 2.45) is 0 Å². The number of aryl methyl sites for hydroxylation is 2. The van der Waals surface area contributed by atoms with Crippen LogP contribution < -0.4 is 10.2 Å². The molecule has 1 heterocycles. The molecule has 1 fully saturated rings. The number of benzene rings is 3. The molecule has 9 nitrogen and oxygen atoms in total. The summed E-state index contributed by atoms with van der Waals surface area (Å²) in [6.07, 6.45) is 3.15. The van der Waals surface area contributed by atoms with Crippen molar-refractivity contribution in [3.05, 3.63) is 105 Å². The van der Waals surface area contributed by atoms with Crippen LogP contribution in [0.3, 0.4) is 0 Å². The van der Waals surface area contributed by atoms with E-state index in [1.54, 1.807) is 11.0 Å². The molecule has 0 atom stereocenters. The van der Waals surface area contributed by atoms with Gasteiger partial charge in [0.05, 0.1) is 4.92 Å². The highest BCUT2D eigenvalue weighted by Crippen LogP contribution is 2.34. The van der Waals surface area contributed by atoms with Crippen LogP contribution in [0.2, 0.25) is 0 Å². The normalized spacial score (nSPS) is 13.2. The minimum Gasteiger partial charge on any atom is -0.366 e. The first kappa shape index (κ1) is 31.2. The van der Waals surface area contributed by atoms with Gasteiger partial charge >= 0.3 is 0 Å². The zero-order valence-electron chi connectivity index (χ0n) is 25.0. The summed E-state index contributed by atoms with van der Waals surface area (Å²) in [4.78, 5) is 52.6. The number of nitro benzene ring substituents is 1. The van der Waals surface area contributed by atoms with Gasteiger partial charge in [-0.15, -0.1) is 0 Å². The van der Waals surface area contributed by atoms with Gasteiger partial charge in [-0.2, -0.15) is 0 Å². The average molecular weight is 583 g/mol. The number of piperidine rings is 1. The summed E-state index contributed by atoms with van der Waals surface area (Å²) >= 11 is 0. The van der Waals surface area contributed by atoms with Gasteiger partial charge < -0.3 is 15.1 Å². The first-order chi connectivity index (χ1) is 20.7. The molecule has 0 bridgehead atoms. The topological polar surface area (TPSA) is 113 Å². The summed E-state index contributed by atoms with van der Waals surface area (Å²) in [7, 11) is 0. The Kier molecular flexibility index (Phi) is 10.5. The number of para-hydroxylation sites is 1. The lowest BCUT2D eigenvalue weighted by atomic mass is 9.88. The van der Waals surface area contributed by atoms with Crippen molar-refractivity contribution in [1.82, 2.24) is 4.90 Å². The van der Waals surface area contributed by atoms with Crippen molar-refractivity contribution < 1.29 is 19.3 Å². The standard InChI is InChI=1S/C34H38N4O5/c1-4-8-33(40)35-31-12-6-5-11-30(31)26-15-18-36(19-16-26)29(23-39)17-20-37(32-14-13-24(2)21-25(32)3)34(41)27-9-7-10-28(22-27)38(42)43/h5-7,9-14,21-22,26H,4,8,15-20H2,1-3H3,(H,35,40). The number of non-ortho nitro benzene ring substituents is 1. The number of hydrogen-bond acceptors (Lipinski definition) is 6. The molecule has 0 unspecified atom stereocenters. The summed E-state index contributed by atoms with van der Waals surface area (Å²) < 4.78 is 0. The second-order valence-electron chi connectivity index (χ2n) is 11.0. The summed E-state index contributed by atoms with van der Waals surface area (Å²) in [6.45, 7) is 7.37. The summed E-state index contributed by atoms with van der Waals surface area (Å²) in [5.41, 5.74) is 5.11. The third-order valence-electron chi connectivity index (χ3n) is 7.91. The van der Waals surface area contributed by atoms with Gasteiger partial charge in [0.2, 0.25) is 5.91 Å². The van der Waals surface area contributed by atoms with E-state index in [-0.39, 0.29) is 41.9 Å². The first-order valence-corrected chi connectivity index (χ1v) is 14.7. The first-order valence-electron chi connectivity index (χ1n) is 14.7. The van der Waals surface area contributed by atoms with Gasteiger partial charge in [-0.1, -0.05) is 48.9 Å². The van der Waals surface area contributed by atoms with Crippen LogP contribution >= 0.6 is 0 Å². The Labute approximate surface area is 252 Å². The van der Waals surface area contributed by atoms with Crippen molar-refractivity contribution >= 4 is 34.8 Å². The van der Waals surface area contributed by atoms with Gasteiger partial charge in [-0.3, -0.25) is 19.7 Å². The molecule has 43 heavy (non-hydrogen) atoms. The van der Waals surface area contributed by atoms with Gasteiger partial charge in [0, 0.05) is 61.5 Å². The van der Waals surface area contributed by atoms with Crippen LogP contribution in [0, 0.1) is 24.0 Å². The van der Waals surface area contributed by atoms with E-state index in [0.717, 1.165) is 41.6 Å². The van der Waals surface area contributed by atoms with Gasteiger partial charge in [-0.25, -0.2) is 4.79 Å². The largest absolute Gasteiger partial charge is 0.366 e. The predicted molar refractivity (Wildman–Crippen MR) is 168 cm³/mol. The third-order valence-corrected chi connectivity index (χ3v) is 7.91. The molecule has 1 aliphatic heterocycles. The van der Waals surface area contributed by atoms with Crippen LogP contribution in [0.5, 0.6) is 0 Å². The molecule has 1 saturated heterocycles. The Balaban J connectivity index is 1.48. The predicted octanol–water partition coefficient (Wildman–Crippen LogP) is 6.58. The highest BCUT2D eigenvalue weighted by atomic mass is 16.6. The van der Waals surface area contributed by atoms with Gasteiger partial charge in [-0.05, 0) is 68.4 Å². The maximum atomic E-state index is 13.7. The zero-order chi connectivity index (χ0) is 30.9. The molecule has 224 valence electrons. The van der Waals surface area contributed by atoms with E-state index in [1.807, 2.05) is 62.1 Å². The van der Waals surface area contributed by atoms with Crippen molar-refractivity contribution in [3.63, 3.8) is 0 Å². The van der Waals surface area contributed by atoms with E-state index in [4.69, 9.17) is 0 Å². The molecule has 4 rings (SSSR count). The van der Waals surface area contributed by atoms with Crippen LogP contribution in [0.15, 0.2) is 72.4 Å². The average Bonchev–Trinajstić information content (AvgIpc) is 3.00. The van der Waals surface area contributed by atoms with Crippen LogP contribution in [0.25, 0.3) is 0 Å². The van der Waals surface area contributed by atoms with Crippen LogP contribution in [-0.2, 0) is 9.59 Å². The number of carbonyl (C=O) groups excluding carboxylic acids is 3. The number of hydrogen-bond donors (Lipinski definition) is 1. The quantitative estimate of drug-likeness (QED) is 0.155. The monoisotopic (exact) mass is 582 g/mol. The molecule has 0 aliphatic carbocycles. The molecule has 0 saturated carbocycles. The fourth-order valence-corrected chi connectivity index (χ4v) is 5.71. The number of carbonyl (C=O) groups is 2. The van der Waals surface area contributed by atoms with Crippen LogP contribution in [0.4, 0.5) is 17.1 Å². The zero-order valence-corrected chi connectivity index (χ0v) is 25.0. The van der Waals surface area contributed by atoms with Crippen molar-refractivity contribution in [2.75, 3.05) is 29.9 Å². The fourth-order valence-electron chi connectivity index (χ4n) is 5.71. The number of nitro groups is 1. The Bertz CT molecular complexity index is 1540. The lowest BCUT2D eigenvalue weighted by Gasteiger charge is -2.35. The van der Waals surface area contributed by atoms with Crippen molar-refractivity contribution in [2.45, 2.75) is 58.8 Å². The number of likely N-dealkylation sites (tertiary alicyclic amines) is 1. The molecule has 9 heteroatoms. The second kappa shape index (κ2) is 14.4. The number of nitrogens with one attached hydrogen (secondary N) is 1. The maximum absolute atomic E-state index is 13.7. The lowest BCUT2D eigenvalue weighted by Crippen LogP contribution is -2.37. The minimum atomic E-state index is -0.521. The minimum absolute atomic E-state index is 0.00610. The fraction of sp³-hybridized carbons (Fsp3) is 0.353. The van der Waals surface area contributed by atoms with Gasteiger partial charge in [0.15, 0.2) is 0 Å². The highest BCUT2D eigenvalue weighted by molar-refractivity contribution is 6.07. The summed E-state index contributed by atoms with van der Waals surface area (Å²) in [6, 6.07) is 19.4. The summed E-state index contributed by atoms with van der Waals surface area (Å²) in [5.74, 6) is 1.99. The number of rotatable bonds is 11. The van der Waals surface area contributed by atoms with Crippen LogP contribution in [0.1, 0.15) is 72.0 Å². The molecule has 1 N–H and O–H groups in total. The van der Waals surface area contributed by atoms with Crippen molar-refractivity contribution in [3.8, 4) is 0 Å².